The van der Waals surface area contributed by atoms with E-state index in [1.54, 1.807) is 19.1 Å². The summed E-state index contributed by atoms with van der Waals surface area (Å²) in [5, 5.41) is 11.5. The minimum absolute atomic E-state index is 0.0635. The van der Waals surface area contributed by atoms with Gasteiger partial charge in [-0.25, -0.2) is 4.39 Å². The van der Waals surface area contributed by atoms with Gasteiger partial charge in [-0.15, -0.1) is 0 Å². The number of benzene rings is 1. The molecule has 1 aromatic rings. The van der Waals surface area contributed by atoms with Crippen LogP contribution in [-0.4, -0.2) is 30.3 Å². The molecule has 0 radical (unpaired) electrons. The van der Waals surface area contributed by atoms with Crippen LogP contribution in [0.5, 0.6) is 5.75 Å². The lowest BCUT2D eigenvalue weighted by Crippen LogP contribution is -2.38. The second-order valence-corrected chi connectivity index (χ2v) is 4.55. The fourth-order valence-electron chi connectivity index (χ4n) is 1.53. The summed E-state index contributed by atoms with van der Waals surface area (Å²) in [6.07, 6.45) is -0.138. The first-order valence-corrected chi connectivity index (χ1v) is 6.34. The number of halogens is 1. The highest BCUT2D eigenvalue weighted by molar-refractivity contribution is 5.80. The number of ether oxygens (including phenoxy) is 1. The van der Waals surface area contributed by atoms with Gasteiger partial charge in [-0.2, -0.15) is 0 Å². The minimum Gasteiger partial charge on any atom is -0.478 e. The normalized spacial score (nSPS) is 13.7. The van der Waals surface area contributed by atoms with E-state index in [0.717, 1.165) is 0 Å². The van der Waals surface area contributed by atoms with Crippen LogP contribution in [0.15, 0.2) is 24.3 Å². The summed E-state index contributed by atoms with van der Waals surface area (Å²) in [6.45, 7) is 4.06. The molecule has 0 bridgehead atoms. The van der Waals surface area contributed by atoms with E-state index >= 15 is 0 Å². The third-order valence-corrected chi connectivity index (χ3v) is 2.76. The maximum Gasteiger partial charge on any atom is 0.260 e. The van der Waals surface area contributed by atoms with Crippen LogP contribution in [0.25, 0.3) is 0 Å². The zero-order valence-electron chi connectivity index (χ0n) is 11.2. The van der Waals surface area contributed by atoms with Gasteiger partial charge in [0.1, 0.15) is 0 Å². The molecule has 19 heavy (non-hydrogen) atoms. The molecular weight excluding hydrogens is 249 g/mol. The van der Waals surface area contributed by atoms with Crippen molar-refractivity contribution in [1.82, 2.24) is 5.32 Å². The van der Waals surface area contributed by atoms with Gasteiger partial charge in [0, 0.05) is 13.2 Å². The Hall–Kier alpha value is -1.62. The maximum atomic E-state index is 13.3. The molecule has 0 spiro atoms. The molecule has 0 saturated carbocycles. The molecule has 106 valence electrons. The molecule has 0 saturated heterocycles. The Labute approximate surface area is 112 Å². The summed E-state index contributed by atoms with van der Waals surface area (Å²) < 4.78 is 18.6. The number of nitrogens with one attached hydrogen (secondary N) is 1. The van der Waals surface area contributed by atoms with Crippen molar-refractivity contribution in [2.75, 3.05) is 13.2 Å². The van der Waals surface area contributed by atoms with Crippen molar-refractivity contribution in [2.45, 2.75) is 26.4 Å². The first-order chi connectivity index (χ1) is 9.04. The van der Waals surface area contributed by atoms with Crippen LogP contribution >= 0.6 is 0 Å². The Bertz CT molecular complexity index is 411. The van der Waals surface area contributed by atoms with Crippen LogP contribution in [-0.2, 0) is 4.79 Å². The Morgan fingerprint density at radius 2 is 2.11 bits per heavy atom. The summed E-state index contributed by atoms with van der Waals surface area (Å²) in [6, 6.07) is 5.96. The first kappa shape index (κ1) is 15.4. The van der Waals surface area contributed by atoms with Gasteiger partial charge in [-0.3, -0.25) is 4.79 Å². The van der Waals surface area contributed by atoms with Crippen LogP contribution < -0.4 is 10.1 Å². The van der Waals surface area contributed by atoms with Crippen molar-refractivity contribution in [1.29, 1.82) is 0 Å². The van der Waals surface area contributed by atoms with E-state index in [9.17, 15) is 9.18 Å². The molecule has 0 aliphatic carbocycles. The molecule has 0 aliphatic rings. The molecular formula is C14H20FNO3. The zero-order chi connectivity index (χ0) is 14.3. The lowest BCUT2D eigenvalue weighted by atomic mass is 10.1. The van der Waals surface area contributed by atoms with Gasteiger partial charge in [0.05, 0.1) is 0 Å². The second-order valence-electron chi connectivity index (χ2n) is 4.55. The van der Waals surface area contributed by atoms with E-state index in [1.807, 2.05) is 6.92 Å². The summed E-state index contributed by atoms with van der Waals surface area (Å²) in [5.74, 6) is -0.535. The van der Waals surface area contributed by atoms with Crippen molar-refractivity contribution in [2.24, 2.45) is 5.92 Å². The number of hydrogen-bond donors (Lipinski definition) is 2. The van der Waals surface area contributed by atoms with Crippen LogP contribution in [0.1, 0.15) is 20.3 Å². The average Bonchev–Trinajstić information content (AvgIpc) is 2.39. The Morgan fingerprint density at radius 3 is 2.74 bits per heavy atom. The number of aliphatic hydroxyl groups excluding tert-OH is 1. The molecule has 2 unspecified atom stereocenters. The third kappa shape index (κ3) is 5.26. The van der Waals surface area contributed by atoms with E-state index < -0.39 is 11.9 Å². The van der Waals surface area contributed by atoms with Gasteiger partial charge in [0.15, 0.2) is 17.7 Å². The monoisotopic (exact) mass is 269 g/mol. The fraction of sp³-hybridized carbons (Fsp3) is 0.500. The summed E-state index contributed by atoms with van der Waals surface area (Å²) in [7, 11) is 0. The molecule has 2 N–H and O–H groups in total. The highest BCUT2D eigenvalue weighted by Crippen LogP contribution is 2.16. The Balaban J connectivity index is 2.43. The quantitative estimate of drug-likeness (QED) is 0.792. The van der Waals surface area contributed by atoms with Gasteiger partial charge >= 0.3 is 0 Å². The predicted octanol–water partition coefficient (Wildman–Crippen LogP) is 1.73. The molecule has 5 heteroatoms. The van der Waals surface area contributed by atoms with E-state index in [-0.39, 0.29) is 24.2 Å². The zero-order valence-corrected chi connectivity index (χ0v) is 11.2. The third-order valence-electron chi connectivity index (χ3n) is 2.76. The molecule has 4 nitrogen and oxygen atoms in total. The topological polar surface area (TPSA) is 58.6 Å². The Morgan fingerprint density at radius 1 is 1.42 bits per heavy atom. The van der Waals surface area contributed by atoms with E-state index in [2.05, 4.69) is 5.32 Å². The van der Waals surface area contributed by atoms with Crippen molar-refractivity contribution >= 4 is 5.91 Å². The number of carbonyl (C=O) groups is 1. The smallest absolute Gasteiger partial charge is 0.260 e. The summed E-state index contributed by atoms with van der Waals surface area (Å²) in [4.78, 5) is 11.7. The highest BCUT2D eigenvalue weighted by atomic mass is 19.1. The average molecular weight is 269 g/mol. The molecule has 2 atom stereocenters. The van der Waals surface area contributed by atoms with Gasteiger partial charge in [0.25, 0.3) is 5.91 Å². The van der Waals surface area contributed by atoms with Gasteiger partial charge in [-0.1, -0.05) is 19.1 Å². The summed E-state index contributed by atoms with van der Waals surface area (Å²) >= 11 is 0. The lowest BCUT2D eigenvalue weighted by Gasteiger charge is -2.17. The maximum absolute atomic E-state index is 13.3. The van der Waals surface area contributed by atoms with Crippen molar-refractivity contribution in [3.63, 3.8) is 0 Å². The van der Waals surface area contributed by atoms with Crippen LogP contribution in [0, 0.1) is 11.7 Å². The first-order valence-electron chi connectivity index (χ1n) is 6.34. The van der Waals surface area contributed by atoms with E-state index in [4.69, 9.17) is 9.84 Å². The van der Waals surface area contributed by atoms with Gasteiger partial charge in [0.2, 0.25) is 0 Å². The molecule has 0 aliphatic heterocycles. The number of para-hydroxylation sites is 1. The molecule has 0 heterocycles. The minimum atomic E-state index is -0.766. The van der Waals surface area contributed by atoms with Crippen molar-refractivity contribution < 1.29 is 19.0 Å². The number of amides is 1. The van der Waals surface area contributed by atoms with Crippen molar-refractivity contribution in [3.05, 3.63) is 30.1 Å². The number of hydrogen-bond acceptors (Lipinski definition) is 3. The van der Waals surface area contributed by atoms with Gasteiger partial charge < -0.3 is 15.2 Å². The highest BCUT2D eigenvalue weighted by Gasteiger charge is 2.16. The standard InChI is InChI=1S/C14H20FNO3/c1-10(7-8-17)9-16-14(18)11(2)19-13-6-4-3-5-12(13)15/h3-6,10-11,17H,7-9H2,1-2H3,(H,16,18). The predicted molar refractivity (Wildman–Crippen MR) is 70.4 cm³/mol. The van der Waals surface area contributed by atoms with Crippen LogP contribution in [0.2, 0.25) is 0 Å². The van der Waals surface area contributed by atoms with Crippen LogP contribution in [0.3, 0.4) is 0 Å². The Kier molecular flexibility index (Phi) is 6.29. The molecule has 0 aromatic heterocycles. The number of aliphatic hydroxyl groups is 1. The number of rotatable bonds is 7. The van der Waals surface area contributed by atoms with Crippen LogP contribution in [0.4, 0.5) is 4.39 Å². The number of carbonyl (C=O) groups excluding carboxylic acids is 1. The molecule has 0 fully saturated rings. The summed E-state index contributed by atoms with van der Waals surface area (Å²) in [5.41, 5.74) is 0. The second kappa shape index (κ2) is 7.74. The molecule has 1 amide bonds. The molecule has 1 rings (SSSR count). The lowest BCUT2D eigenvalue weighted by molar-refractivity contribution is -0.127. The largest absolute Gasteiger partial charge is 0.478 e. The molecule has 1 aromatic carbocycles. The van der Waals surface area contributed by atoms with E-state index in [1.165, 1.54) is 12.1 Å². The SMILES string of the molecule is CC(CCO)CNC(=O)C(C)Oc1ccccc1F. The van der Waals surface area contributed by atoms with E-state index in [0.29, 0.717) is 13.0 Å². The van der Waals surface area contributed by atoms with Crippen molar-refractivity contribution in [3.8, 4) is 5.75 Å². The van der Waals surface area contributed by atoms with Gasteiger partial charge in [-0.05, 0) is 31.4 Å². The fourth-order valence-corrected chi connectivity index (χ4v) is 1.53.